The fourth-order valence-corrected chi connectivity index (χ4v) is 4.60. The van der Waals surface area contributed by atoms with E-state index in [1.165, 1.54) is 16.5 Å². The van der Waals surface area contributed by atoms with E-state index in [0.29, 0.717) is 19.1 Å². The van der Waals surface area contributed by atoms with Crippen molar-refractivity contribution in [3.8, 4) is 0 Å². The molecule has 2 aliphatic rings. The molecule has 0 radical (unpaired) electrons. The Morgan fingerprint density at radius 2 is 1.91 bits per heavy atom. The summed E-state index contributed by atoms with van der Waals surface area (Å²) in [5.74, 6) is 1.43. The van der Waals surface area contributed by atoms with Crippen molar-refractivity contribution in [3.05, 3.63) is 36.0 Å². The van der Waals surface area contributed by atoms with Gasteiger partial charge in [0, 0.05) is 62.3 Å². The number of H-pyrrole nitrogens is 1. The van der Waals surface area contributed by atoms with Crippen LogP contribution < -0.4 is 5.32 Å². The molecule has 1 aromatic heterocycles. The van der Waals surface area contributed by atoms with Crippen molar-refractivity contribution in [2.45, 2.75) is 32.6 Å². The molecule has 7 nitrogen and oxygen atoms in total. The summed E-state index contributed by atoms with van der Waals surface area (Å²) in [4.78, 5) is 25.3. The third-order valence-electron chi connectivity index (χ3n) is 6.34. The molecule has 0 unspecified atom stereocenters. The summed E-state index contributed by atoms with van der Waals surface area (Å²) in [5.41, 5.74) is 2.56. The van der Waals surface area contributed by atoms with Crippen LogP contribution in [-0.2, 0) is 16.0 Å². The Kier molecular flexibility index (Phi) is 9.65. The number of ether oxygens (including phenoxy) is 1. The van der Waals surface area contributed by atoms with Crippen molar-refractivity contribution in [1.82, 2.24) is 20.1 Å². The average molecular weight is 553 g/mol. The van der Waals surface area contributed by atoms with Crippen LogP contribution in [-0.4, -0.2) is 79.1 Å². The number of amides is 1. The van der Waals surface area contributed by atoms with Crippen LogP contribution in [0.1, 0.15) is 31.7 Å². The molecule has 2 fully saturated rings. The van der Waals surface area contributed by atoms with Gasteiger partial charge in [-0.3, -0.25) is 9.79 Å². The predicted octanol–water partition coefficient (Wildman–Crippen LogP) is 3.25. The van der Waals surface area contributed by atoms with Crippen LogP contribution in [0.2, 0.25) is 0 Å². The number of hydrogen-bond acceptors (Lipinski definition) is 3. The SMILES string of the molecule is CCNC(=NCCCc1c[nH]c2ccccc12)N1CCC(C(=O)N2CCOCC2)CC1.I. The number of rotatable bonds is 6. The smallest absolute Gasteiger partial charge is 0.225 e. The van der Waals surface area contributed by atoms with Gasteiger partial charge in [0.2, 0.25) is 5.91 Å². The number of nitrogens with one attached hydrogen (secondary N) is 2. The second-order valence-corrected chi connectivity index (χ2v) is 8.40. The zero-order valence-corrected chi connectivity index (χ0v) is 21.3. The Morgan fingerprint density at radius 3 is 2.66 bits per heavy atom. The van der Waals surface area contributed by atoms with Gasteiger partial charge in [-0.1, -0.05) is 18.2 Å². The van der Waals surface area contributed by atoms with Gasteiger partial charge in [-0.15, -0.1) is 24.0 Å². The van der Waals surface area contributed by atoms with Crippen molar-refractivity contribution in [2.75, 3.05) is 52.5 Å². The number of nitrogens with zero attached hydrogens (tertiary/aromatic N) is 3. The largest absolute Gasteiger partial charge is 0.378 e. The maximum Gasteiger partial charge on any atom is 0.225 e. The zero-order chi connectivity index (χ0) is 21.5. The number of fused-ring (bicyclic) bond motifs is 1. The van der Waals surface area contributed by atoms with Crippen LogP contribution in [0, 0.1) is 5.92 Å². The monoisotopic (exact) mass is 553 g/mol. The summed E-state index contributed by atoms with van der Waals surface area (Å²) >= 11 is 0. The number of para-hydroxylation sites is 1. The first kappa shape index (κ1) is 24.8. The highest BCUT2D eigenvalue weighted by molar-refractivity contribution is 14.0. The first-order valence-electron chi connectivity index (χ1n) is 11.7. The third-order valence-corrected chi connectivity index (χ3v) is 6.34. The number of hydrogen-bond donors (Lipinski definition) is 2. The van der Waals surface area contributed by atoms with Gasteiger partial charge in [-0.2, -0.15) is 0 Å². The number of morpholine rings is 1. The highest BCUT2D eigenvalue weighted by Crippen LogP contribution is 2.21. The van der Waals surface area contributed by atoms with Gasteiger partial charge in [0.1, 0.15) is 0 Å². The normalized spacial score (nSPS) is 18.0. The summed E-state index contributed by atoms with van der Waals surface area (Å²) in [6, 6.07) is 8.45. The number of aliphatic imine (C=N–C) groups is 1. The lowest BCUT2D eigenvalue weighted by Crippen LogP contribution is -2.50. The fourth-order valence-electron chi connectivity index (χ4n) is 4.60. The molecule has 0 spiro atoms. The van der Waals surface area contributed by atoms with Gasteiger partial charge in [0.25, 0.3) is 0 Å². The molecule has 2 N–H and O–H groups in total. The van der Waals surface area contributed by atoms with E-state index in [-0.39, 0.29) is 29.9 Å². The first-order valence-corrected chi connectivity index (χ1v) is 11.7. The van der Waals surface area contributed by atoms with Crippen LogP contribution in [0.25, 0.3) is 10.9 Å². The van der Waals surface area contributed by atoms with E-state index in [0.717, 1.165) is 70.9 Å². The molecule has 2 aliphatic heterocycles. The van der Waals surface area contributed by atoms with E-state index in [1.807, 2.05) is 4.90 Å². The Balaban J connectivity index is 0.00000289. The van der Waals surface area contributed by atoms with Crippen LogP contribution in [0.3, 0.4) is 0 Å². The van der Waals surface area contributed by atoms with Crippen molar-refractivity contribution < 1.29 is 9.53 Å². The lowest BCUT2D eigenvalue weighted by Gasteiger charge is -2.36. The second-order valence-electron chi connectivity index (χ2n) is 8.40. The summed E-state index contributed by atoms with van der Waals surface area (Å²) in [5, 5.41) is 4.75. The Morgan fingerprint density at radius 1 is 1.16 bits per heavy atom. The van der Waals surface area contributed by atoms with Crippen molar-refractivity contribution >= 4 is 46.7 Å². The van der Waals surface area contributed by atoms with Crippen LogP contribution in [0.4, 0.5) is 0 Å². The molecule has 32 heavy (non-hydrogen) atoms. The molecule has 3 heterocycles. The Hall–Kier alpha value is -1.81. The quantitative estimate of drug-likeness (QED) is 0.250. The van der Waals surface area contributed by atoms with Gasteiger partial charge in [-0.25, -0.2) is 0 Å². The van der Waals surface area contributed by atoms with E-state index in [2.05, 4.69) is 52.6 Å². The summed E-state index contributed by atoms with van der Waals surface area (Å²) in [6.45, 7) is 8.34. The topological polar surface area (TPSA) is 73.0 Å². The number of aryl methyl sites for hydroxylation is 1. The third kappa shape index (κ3) is 6.15. The molecular formula is C24H36IN5O2. The van der Waals surface area contributed by atoms with E-state index in [1.54, 1.807) is 0 Å². The molecule has 0 atom stereocenters. The standard InChI is InChI=1S/C24H35N5O2.HI/c1-2-25-24(26-11-5-6-20-18-27-22-8-4-3-7-21(20)22)29-12-9-19(10-13-29)23(30)28-14-16-31-17-15-28;/h3-4,7-8,18-19,27H,2,5-6,9-17H2,1H3,(H,25,26);1H. The van der Waals surface area contributed by atoms with Crippen LogP contribution in [0.15, 0.2) is 35.5 Å². The Bertz CT molecular complexity index is 885. The molecule has 0 bridgehead atoms. The van der Waals surface area contributed by atoms with Gasteiger partial charge in [0.15, 0.2) is 5.96 Å². The number of aromatic nitrogens is 1. The van der Waals surface area contributed by atoms with Gasteiger partial charge in [0.05, 0.1) is 13.2 Å². The molecule has 4 rings (SSSR count). The van der Waals surface area contributed by atoms with Crippen LogP contribution >= 0.6 is 24.0 Å². The molecule has 8 heteroatoms. The van der Waals surface area contributed by atoms with Gasteiger partial charge >= 0.3 is 0 Å². The summed E-state index contributed by atoms with van der Waals surface area (Å²) in [6.07, 6.45) is 5.95. The number of likely N-dealkylation sites (tertiary alicyclic amines) is 1. The van der Waals surface area contributed by atoms with E-state index in [9.17, 15) is 4.79 Å². The lowest BCUT2D eigenvalue weighted by molar-refractivity contribution is -0.140. The number of aromatic amines is 1. The maximum absolute atomic E-state index is 12.8. The van der Waals surface area contributed by atoms with E-state index >= 15 is 0 Å². The molecule has 1 aromatic carbocycles. The summed E-state index contributed by atoms with van der Waals surface area (Å²) < 4.78 is 5.38. The average Bonchev–Trinajstić information content (AvgIpc) is 3.24. The van der Waals surface area contributed by atoms with E-state index in [4.69, 9.17) is 9.73 Å². The minimum atomic E-state index is 0. The predicted molar refractivity (Wildman–Crippen MR) is 140 cm³/mol. The van der Waals surface area contributed by atoms with Crippen molar-refractivity contribution in [2.24, 2.45) is 10.9 Å². The highest BCUT2D eigenvalue weighted by Gasteiger charge is 2.30. The molecular weight excluding hydrogens is 517 g/mol. The van der Waals surface area contributed by atoms with E-state index < -0.39 is 0 Å². The Labute approximate surface area is 208 Å². The number of carbonyl (C=O) groups is 1. The number of halogens is 1. The molecule has 0 saturated carbocycles. The number of piperidine rings is 1. The minimum absolute atomic E-state index is 0. The van der Waals surface area contributed by atoms with Crippen LogP contribution in [0.5, 0.6) is 0 Å². The summed E-state index contributed by atoms with van der Waals surface area (Å²) in [7, 11) is 0. The van der Waals surface area contributed by atoms with Gasteiger partial charge < -0.3 is 24.8 Å². The minimum Gasteiger partial charge on any atom is -0.378 e. The molecule has 176 valence electrons. The number of carbonyl (C=O) groups excluding carboxylic acids is 1. The van der Waals surface area contributed by atoms with Gasteiger partial charge in [-0.05, 0) is 44.2 Å². The van der Waals surface area contributed by atoms with Crippen molar-refractivity contribution in [1.29, 1.82) is 0 Å². The zero-order valence-electron chi connectivity index (χ0n) is 19.0. The molecule has 2 saturated heterocycles. The molecule has 2 aromatic rings. The number of guanidine groups is 1. The highest BCUT2D eigenvalue weighted by atomic mass is 127. The molecule has 1 amide bonds. The lowest BCUT2D eigenvalue weighted by atomic mass is 9.95. The first-order chi connectivity index (χ1) is 15.3. The maximum atomic E-state index is 12.8. The number of benzene rings is 1. The van der Waals surface area contributed by atoms with Crippen molar-refractivity contribution in [3.63, 3.8) is 0 Å². The second kappa shape index (κ2) is 12.4. The fraction of sp³-hybridized carbons (Fsp3) is 0.583. The molecule has 0 aliphatic carbocycles.